The number of hydrazine groups is 2. The molecular formula is C21H24N8O2. The lowest BCUT2D eigenvalue weighted by molar-refractivity contribution is -0.383. The molecule has 1 fully saturated rings. The van der Waals surface area contributed by atoms with Gasteiger partial charge in [-0.3, -0.25) is 26.0 Å². The van der Waals surface area contributed by atoms with E-state index in [1.54, 1.807) is 5.01 Å². The first-order valence-corrected chi connectivity index (χ1v) is 9.98. The van der Waals surface area contributed by atoms with E-state index in [1.807, 2.05) is 72.7 Å². The van der Waals surface area contributed by atoms with Crippen LogP contribution in [0.25, 0.3) is 0 Å². The van der Waals surface area contributed by atoms with Gasteiger partial charge in [0.2, 0.25) is 11.6 Å². The molecular weight excluding hydrogens is 396 g/mol. The van der Waals surface area contributed by atoms with Crippen molar-refractivity contribution in [2.45, 2.75) is 0 Å². The van der Waals surface area contributed by atoms with E-state index in [4.69, 9.17) is 0 Å². The van der Waals surface area contributed by atoms with Crippen molar-refractivity contribution in [2.24, 2.45) is 0 Å². The van der Waals surface area contributed by atoms with Crippen LogP contribution >= 0.6 is 0 Å². The van der Waals surface area contributed by atoms with Crippen LogP contribution < -0.4 is 15.9 Å². The third-order valence-electron chi connectivity index (χ3n) is 5.02. The number of nitrogens with zero attached hydrogens (tertiary/aromatic N) is 6. The Hall–Kier alpha value is -3.76. The summed E-state index contributed by atoms with van der Waals surface area (Å²) in [7, 11) is 2.05. The molecule has 160 valence electrons. The van der Waals surface area contributed by atoms with Gasteiger partial charge < -0.3 is 4.90 Å². The van der Waals surface area contributed by atoms with E-state index in [9.17, 15) is 10.1 Å². The Balaban J connectivity index is 1.66. The van der Waals surface area contributed by atoms with Gasteiger partial charge >= 0.3 is 5.69 Å². The number of piperazine rings is 1. The van der Waals surface area contributed by atoms with Crippen molar-refractivity contribution in [2.75, 3.05) is 49.1 Å². The van der Waals surface area contributed by atoms with Crippen LogP contribution in [-0.2, 0) is 0 Å². The zero-order valence-electron chi connectivity index (χ0n) is 17.2. The summed E-state index contributed by atoms with van der Waals surface area (Å²) in [6.07, 6.45) is 1.32. The fourth-order valence-electron chi connectivity index (χ4n) is 3.32. The van der Waals surface area contributed by atoms with Crippen molar-refractivity contribution in [3.05, 3.63) is 77.1 Å². The number of hydrogen-bond acceptors (Lipinski definition) is 9. The number of nitrogens with one attached hydrogen (secondary N) is 2. The van der Waals surface area contributed by atoms with Gasteiger partial charge in [-0.05, 0) is 31.3 Å². The molecule has 0 bridgehead atoms. The molecule has 0 radical (unpaired) electrons. The normalized spacial score (nSPS) is 14.7. The minimum absolute atomic E-state index is 0.101. The smallest absolute Gasteiger partial charge is 0.304 e. The van der Waals surface area contributed by atoms with Gasteiger partial charge in [-0.25, -0.2) is 15.0 Å². The molecule has 31 heavy (non-hydrogen) atoms. The number of nitro groups is 1. The van der Waals surface area contributed by atoms with Gasteiger partial charge in [0.25, 0.3) is 0 Å². The van der Waals surface area contributed by atoms with Gasteiger partial charge in [0.15, 0.2) is 0 Å². The van der Waals surface area contributed by atoms with Gasteiger partial charge in [-0.15, -0.1) is 0 Å². The van der Waals surface area contributed by atoms with Crippen LogP contribution in [0, 0.1) is 10.1 Å². The molecule has 10 nitrogen and oxygen atoms in total. The van der Waals surface area contributed by atoms with Gasteiger partial charge in [0.05, 0.1) is 16.3 Å². The second-order valence-corrected chi connectivity index (χ2v) is 7.20. The number of likely N-dealkylation sites (N-methyl/N-ethyl adjacent to an activating group) is 1. The molecule has 0 amide bonds. The predicted octanol–water partition coefficient (Wildman–Crippen LogP) is 3.12. The monoisotopic (exact) mass is 420 g/mol. The third-order valence-corrected chi connectivity index (χ3v) is 5.02. The molecule has 1 aromatic heterocycles. The van der Waals surface area contributed by atoms with E-state index in [0.29, 0.717) is 0 Å². The minimum atomic E-state index is -0.463. The maximum Gasteiger partial charge on any atom is 0.356 e. The lowest BCUT2D eigenvalue weighted by Crippen LogP contribution is -2.47. The number of benzene rings is 2. The highest BCUT2D eigenvalue weighted by atomic mass is 16.6. The predicted molar refractivity (Wildman–Crippen MR) is 120 cm³/mol. The number of rotatable bonds is 7. The average Bonchev–Trinajstić information content (AvgIpc) is 2.80. The first-order valence-electron chi connectivity index (χ1n) is 9.98. The van der Waals surface area contributed by atoms with Crippen molar-refractivity contribution >= 4 is 28.7 Å². The maximum absolute atomic E-state index is 12.0. The van der Waals surface area contributed by atoms with E-state index < -0.39 is 4.92 Å². The van der Waals surface area contributed by atoms with Crippen LogP contribution in [-0.4, -0.2) is 58.0 Å². The average molecular weight is 420 g/mol. The lowest BCUT2D eigenvalue weighted by Gasteiger charge is -2.32. The Morgan fingerprint density at radius 1 is 0.903 bits per heavy atom. The Kier molecular flexibility index (Phi) is 6.20. The van der Waals surface area contributed by atoms with Crippen LogP contribution in [0.3, 0.4) is 0 Å². The summed E-state index contributed by atoms with van der Waals surface area (Å²) in [5.41, 5.74) is 7.64. The Labute approximate surface area is 180 Å². The second-order valence-electron chi connectivity index (χ2n) is 7.20. The zero-order valence-corrected chi connectivity index (χ0v) is 17.2. The summed E-state index contributed by atoms with van der Waals surface area (Å²) in [5.74, 6) is 0.262. The maximum atomic E-state index is 12.0. The fraction of sp³-hybridized carbons (Fsp3) is 0.238. The number of anilines is 4. The molecule has 0 unspecified atom stereocenters. The molecule has 0 spiro atoms. The van der Waals surface area contributed by atoms with Crippen LogP contribution in [0.2, 0.25) is 0 Å². The largest absolute Gasteiger partial charge is 0.356 e. The van der Waals surface area contributed by atoms with E-state index >= 15 is 0 Å². The van der Waals surface area contributed by atoms with Crippen LogP contribution in [0.5, 0.6) is 0 Å². The Bertz CT molecular complexity index is 971. The topological polar surface area (TPSA) is 103 Å². The van der Waals surface area contributed by atoms with Gasteiger partial charge in [0, 0.05) is 26.2 Å². The summed E-state index contributed by atoms with van der Waals surface area (Å²) in [6.45, 7) is 3.21. The molecule has 3 aromatic rings. The van der Waals surface area contributed by atoms with Gasteiger partial charge in [0.1, 0.15) is 6.33 Å². The van der Waals surface area contributed by atoms with E-state index in [2.05, 4.69) is 25.7 Å². The molecule has 1 aliphatic heterocycles. The van der Waals surface area contributed by atoms with Crippen LogP contribution in [0.1, 0.15) is 0 Å². The second kappa shape index (κ2) is 9.37. The Morgan fingerprint density at radius 2 is 1.45 bits per heavy atom. The zero-order chi connectivity index (χ0) is 21.6. The fourth-order valence-corrected chi connectivity index (χ4v) is 3.32. The number of hydrogen-bond donors (Lipinski definition) is 2. The highest BCUT2D eigenvalue weighted by Crippen LogP contribution is 2.33. The summed E-state index contributed by atoms with van der Waals surface area (Å²) in [5, 5.41) is 15.7. The first-order chi connectivity index (χ1) is 15.1. The lowest BCUT2D eigenvalue weighted by atomic mass is 10.2. The van der Waals surface area contributed by atoms with Crippen molar-refractivity contribution in [1.82, 2.24) is 19.9 Å². The van der Waals surface area contributed by atoms with Crippen molar-refractivity contribution in [1.29, 1.82) is 0 Å². The molecule has 1 saturated heterocycles. The van der Waals surface area contributed by atoms with Crippen molar-refractivity contribution < 1.29 is 4.92 Å². The standard InChI is InChI=1S/C21H24N8O2/c1-26-12-14-27(15-13-26)24-20-19(29(30)31)21(23-16-22-20)25-28(17-8-4-2-5-9-17)18-10-6-3-7-11-18/h2-11,16H,12-15H2,1H3,(H2,22,23,24,25). The van der Waals surface area contributed by atoms with Crippen LogP contribution in [0.15, 0.2) is 67.0 Å². The van der Waals surface area contributed by atoms with E-state index in [1.165, 1.54) is 6.33 Å². The van der Waals surface area contributed by atoms with Gasteiger partial charge in [-0.1, -0.05) is 36.4 Å². The molecule has 1 aliphatic rings. The summed E-state index contributed by atoms with van der Waals surface area (Å²) in [4.78, 5) is 22.1. The summed E-state index contributed by atoms with van der Waals surface area (Å²) >= 11 is 0. The third kappa shape index (κ3) is 4.87. The number of aromatic nitrogens is 2. The van der Waals surface area contributed by atoms with Crippen molar-refractivity contribution in [3.63, 3.8) is 0 Å². The molecule has 10 heteroatoms. The van der Waals surface area contributed by atoms with Crippen LogP contribution in [0.4, 0.5) is 28.7 Å². The van der Waals surface area contributed by atoms with E-state index in [-0.39, 0.29) is 17.3 Å². The molecule has 0 saturated carbocycles. The summed E-state index contributed by atoms with van der Waals surface area (Å²) in [6, 6.07) is 19.1. The SMILES string of the molecule is CN1CCN(Nc2ncnc(NN(c3ccccc3)c3ccccc3)c2[N+](=O)[O-])CC1. The Morgan fingerprint density at radius 3 is 2.00 bits per heavy atom. The molecule has 0 aliphatic carbocycles. The molecule has 0 atom stereocenters. The highest BCUT2D eigenvalue weighted by molar-refractivity contribution is 5.74. The van der Waals surface area contributed by atoms with Gasteiger partial charge in [-0.2, -0.15) is 0 Å². The molecule has 2 aromatic carbocycles. The van der Waals surface area contributed by atoms with Crippen molar-refractivity contribution in [3.8, 4) is 0 Å². The quantitative estimate of drug-likeness (QED) is 0.441. The molecule has 2 N–H and O–H groups in total. The van der Waals surface area contributed by atoms with E-state index in [0.717, 1.165) is 37.6 Å². The number of para-hydroxylation sites is 2. The summed E-state index contributed by atoms with van der Waals surface area (Å²) < 4.78 is 0. The first kappa shape index (κ1) is 20.5. The minimum Gasteiger partial charge on any atom is -0.304 e. The molecule has 2 heterocycles. The molecule has 4 rings (SSSR count). The highest BCUT2D eigenvalue weighted by Gasteiger charge is 2.27.